The number of benzene rings is 1. The van der Waals surface area contributed by atoms with Crippen molar-refractivity contribution in [1.29, 1.82) is 0 Å². The van der Waals surface area contributed by atoms with Gasteiger partial charge in [-0.3, -0.25) is 0 Å². The molecule has 0 aliphatic heterocycles. The van der Waals surface area contributed by atoms with Crippen LogP contribution in [0.4, 0.5) is 0 Å². The van der Waals surface area contributed by atoms with Gasteiger partial charge in [0.25, 0.3) is 0 Å². The molecule has 0 saturated carbocycles. The number of ether oxygens (including phenoxy) is 1. The van der Waals surface area contributed by atoms with Crippen LogP contribution in [0.5, 0.6) is 0 Å². The molecule has 0 saturated heterocycles. The highest BCUT2D eigenvalue weighted by atomic mass is 32.2. The summed E-state index contributed by atoms with van der Waals surface area (Å²) >= 11 is 0. The summed E-state index contributed by atoms with van der Waals surface area (Å²) < 4.78 is 32.2. The second-order valence-corrected chi connectivity index (χ2v) is 6.39. The van der Waals surface area contributed by atoms with E-state index in [1.165, 1.54) is 25.3 Å². The topological polar surface area (TPSA) is 92.7 Å². The van der Waals surface area contributed by atoms with Gasteiger partial charge in [-0.05, 0) is 25.0 Å². The highest BCUT2D eigenvalue weighted by Gasteiger charge is 2.33. The Morgan fingerprint density at radius 2 is 1.86 bits per heavy atom. The molecule has 0 atom stereocenters. The number of esters is 1. The molecule has 0 aromatic heterocycles. The van der Waals surface area contributed by atoms with Gasteiger partial charge in [0.1, 0.15) is 0 Å². The number of carbonyl (C=O) groups is 1. The molecule has 0 unspecified atom stereocenters. The van der Waals surface area contributed by atoms with Gasteiger partial charge < -0.3 is 9.84 Å². The average molecular weight is 315 g/mol. The Morgan fingerprint density at radius 1 is 1.29 bits per heavy atom. The van der Waals surface area contributed by atoms with E-state index in [2.05, 4.69) is 9.46 Å². The van der Waals surface area contributed by atoms with Gasteiger partial charge in [0.15, 0.2) is 0 Å². The van der Waals surface area contributed by atoms with E-state index in [-0.39, 0.29) is 17.1 Å². The molecule has 1 aromatic rings. The summed E-state index contributed by atoms with van der Waals surface area (Å²) in [6.07, 6.45) is 0.860. The fourth-order valence-corrected chi connectivity index (χ4v) is 3.70. The second kappa shape index (κ2) is 7.02. The zero-order valence-electron chi connectivity index (χ0n) is 12.4. The predicted octanol–water partition coefficient (Wildman–Crippen LogP) is 1.30. The summed E-state index contributed by atoms with van der Waals surface area (Å²) in [6, 6.07) is 5.81. The lowest BCUT2D eigenvalue weighted by Crippen LogP contribution is -2.50. The van der Waals surface area contributed by atoms with E-state index < -0.39 is 21.5 Å². The highest BCUT2D eigenvalue weighted by molar-refractivity contribution is 7.89. The van der Waals surface area contributed by atoms with Crippen molar-refractivity contribution in [3.63, 3.8) is 0 Å². The molecule has 0 heterocycles. The van der Waals surface area contributed by atoms with Crippen molar-refractivity contribution in [2.75, 3.05) is 13.7 Å². The Hall–Kier alpha value is -1.44. The van der Waals surface area contributed by atoms with Crippen LogP contribution in [0.3, 0.4) is 0 Å². The molecular weight excluding hydrogens is 294 g/mol. The number of hydrogen-bond donors (Lipinski definition) is 2. The zero-order valence-corrected chi connectivity index (χ0v) is 13.2. The van der Waals surface area contributed by atoms with E-state index in [0.29, 0.717) is 12.8 Å². The molecule has 1 rings (SSSR count). The SMILES string of the molecule is CCC(CC)(CO)NS(=O)(=O)c1ccccc1C(=O)OC. The fraction of sp³-hybridized carbons (Fsp3) is 0.500. The number of hydrogen-bond acceptors (Lipinski definition) is 5. The maximum absolute atomic E-state index is 12.5. The predicted molar refractivity (Wildman–Crippen MR) is 78.5 cm³/mol. The van der Waals surface area contributed by atoms with Crippen molar-refractivity contribution >= 4 is 16.0 Å². The Morgan fingerprint density at radius 3 is 2.33 bits per heavy atom. The molecule has 0 bridgehead atoms. The van der Waals surface area contributed by atoms with Gasteiger partial charge >= 0.3 is 5.97 Å². The van der Waals surface area contributed by atoms with Gasteiger partial charge in [0.2, 0.25) is 10.0 Å². The molecule has 0 spiro atoms. The molecule has 21 heavy (non-hydrogen) atoms. The third-order valence-corrected chi connectivity index (χ3v) is 5.23. The van der Waals surface area contributed by atoms with Crippen LogP contribution in [0.1, 0.15) is 37.0 Å². The number of carbonyl (C=O) groups excluding carboxylic acids is 1. The molecule has 118 valence electrons. The minimum Gasteiger partial charge on any atom is -0.465 e. The average Bonchev–Trinajstić information content (AvgIpc) is 2.52. The summed E-state index contributed by atoms with van der Waals surface area (Å²) in [7, 11) is -2.76. The Bertz CT molecular complexity index is 585. The lowest BCUT2D eigenvalue weighted by Gasteiger charge is -2.30. The quantitative estimate of drug-likeness (QED) is 0.740. The van der Waals surface area contributed by atoms with E-state index in [0.717, 1.165) is 0 Å². The van der Waals surface area contributed by atoms with Crippen molar-refractivity contribution in [1.82, 2.24) is 4.72 Å². The minimum atomic E-state index is -3.95. The zero-order chi connectivity index (χ0) is 16.1. The first-order chi connectivity index (χ1) is 9.85. The van der Waals surface area contributed by atoms with Crippen molar-refractivity contribution in [3.05, 3.63) is 29.8 Å². The normalized spacial score (nSPS) is 12.2. The molecule has 2 N–H and O–H groups in total. The van der Waals surface area contributed by atoms with E-state index in [4.69, 9.17) is 0 Å². The number of aliphatic hydroxyl groups excluding tert-OH is 1. The largest absolute Gasteiger partial charge is 0.465 e. The standard InChI is InChI=1S/C14H21NO5S/c1-4-14(5-2,10-16)15-21(18,19)12-9-7-6-8-11(12)13(17)20-3/h6-9,15-16H,4-5,10H2,1-3H3. The van der Waals surface area contributed by atoms with Crippen LogP contribution in [0.15, 0.2) is 29.2 Å². The summed E-state index contributed by atoms with van der Waals surface area (Å²) in [6.45, 7) is 3.25. The summed E-state index contributed by atoms with van der Waals surface area (Å²) in [5.74, 6) is -0.724. The molecule has 0 amide bonds. The smallest absolute Gasteiger partial charge is 0.339 e. The maximum Gasteiger partial charge on any atom is 0.339 e. The van der Waals surface area contributed by atoms with Crippen LogP contribution >= 0.6 is 0 Å². The van der Waals surface area contributed by atoms with Crippen molar-refractivity contribution in [2.45, 2.75) is 37.1 Å². The molecular formula is C14H21NO5S. The molecule has 1 aromatic carbocycles. The van der Waals surface area contributed by atoms with Crippen LogP contribution < -0.4 is 4.72 Å². The molecule has 0 aliphatic carbocycles. The third-order valence-electron chi connectivity index (χ3n) is 3.59. The molecule has 0 radical (unpaired) electrons. The molecule has 7 heteroatoms. The van der Waals surface area contributed by atoms with Crippen molar-refractivity contribution in [3.8, 4) is 0 Å². The first-order valence-electron chi connectivity index (χ1n) is 6.68. The third kappa shape index (κ3) is 3.81. The van der Waals surface area contributed by atoms with Crippen LogP contribution in [0, 0.1) is 0 Å². The summed E-state index contributed by atoms with van der Waals surface area (Å²) in [5.41, 5.74) is -0.978. The summed E-state index contributed by atoms with van der Waals surface area (Å²) in [5, 5.41) is 9.49. The highest BCUT2D eigenvalue weighted by Crippen LogP contribution is 2.22. The first kappa shape index (κ1) is 17.6. The van der Waals surface area contributed by atoms with Crippen LogP contribution in [-0.4, -0.2) is 38.7 Å². The number of methoxy groups -OCH3 is 1. The monoisotopic (exact) mass is 315 g/mol. The van der Waals surface area contributed by atoms with Crippen molar-refractivity contribution < 1.29 is 23.1 Å². The Kier molecular flexibility index (Phi) is 5.88. The number of nitrogens with one attached hydrogen (secondary N) is 1. The van der Waals surface area contributed by atoms with Crippen LogP contribution in [0.25, 0.3) is 0 Å². The lowest BCUT2D eigenvalue weighted by atomic mass is 9.96. The molecule has 6 nitrogen and oxygen atoms in total. The summed E-state index contributed by atoms with van der Waals surface area (Å²) in [4.78, 5) is 11.5. The van der Waals surface area contributed by atoms with Gasteiger partial charge in [-0.1, -0.05) is 26.0 Å². The number of aliphatic hydroxyl groups is 1. The maximum atomic E-state index is 12.5. The molecule has 0 aliphatic rings. The lowest BCUT2D eigenvalue weighted by molar-refractivity contribution is 0.0596. The first-order valence-corrected chi connectivity index (χ1v) is 8.16. The second-order valence-electron chi connectivity index (χ2n) is 4.74. The van der Waals surface area contributed by atoms with E-state index in [1.54, 1.807) is 19.9 Å². The van der Waals surface area contributed by atoms with Gasteiger partial charge in [-0.15, -0.1) is 0 Å². The number of rotatable bonds is 7. The number of sulfonamides is 1. The van der Waals surface area contributed by atoms with Gasteiger partial charge in [0.05, 0.1) is 29.7 Å². The Balaban J connectivity index is 3.29. The van der Waals surface area contributed by atoms with E-state index >= 15 is 0 Å². The van der Waals surface area contributed by atoms with Gasteiger partial charge in [-0.2, -0.15) is 0 Å². The van der Waals surface area contributed by atoms with Crippen LogP contribution in [0.2, 0.25) is 0 Å². The Labute approximate surface area is 125 Å². The van der Waals surface area contributed by atoms with Crippen LogP contribution in [-0.2, 0) is 14.8 Å². The molecule has 0 fully saturated rings. The van der Waals surface area contributed by atoms with Crippen molar-refractivity contribution in [2.24, 2.45) is 0 Å². The van der Waals surface area contributed by atoms with E-state index in [9.17, 15) is 18.3 Å². The van der Waals surface area contributed by atoms with Gasteiger partial charge in [0, 0.05) is 0 Å². The fourth-order valence-electron chi connectivity index (χ4n) is 1.97. The minimum absolute atomic E-state index is 0.0356. The van der Waals surface area contributed by atoms with E-state index in [1.807, 2.05) is 0 Å². The van der Waals surface area contributed by atoms with Gasteiger partial charge in [-0.25, -0.2) is 17.9 Å².